The molecule has 1 unspecified atom stereocenters. The molecule has 0 radical (unpaired) electrons. The van der Waals surface area contributed by atoms with E-state index in [4.69, 9.17) is 4.74 Å². The number of benzene rings is 2. The number of hydrogen-bond donors (Lipinski definition) is 0. The van der Waals surface area contributed by atoms with Crippen LogP contribution in [0.4, 0.5) is 0 Å². The largest absolute Gasteiger partial charge is 0.465 e. The van der Waals surface area contributed by atoms with E-state index in [1.54, 1.807) is 44.2 Å². The molecule has 5 nitrogen and oxygen atoms in total. The Kier molecular flexibility index (Phi) is 8.03. The molecule has 31 heavy (non-hydrogen) atoms. The van der Waals surface area contributed by atoms with Gasteiger partial charge in [0.05, 0.1) is 12.0 Å². The number of carbonyl (C=O) groups excluding carboxylic acids is 4. The van der Waals surface area contributed by atoms with Crippen LogP contribution < -0.4 is 0 Å². The van der Waals surface area contributed by atoms with Gasteiger partial charge in [0.1, 0.15) is 5.78 Å². The minimum atomic E-state index is -1.12. The average molecular weight is 423 g/mol. The fourth-order valence-electron chi connectivity index (χ4n) is 3.77. The normalized spacial score (nSPS) is 12.7. The molecule has 0 fully saturated rings. The number of hydrogen-bond acceptors (Lipinski definition) is 5. The van der Waals surface area contributed by atoms with Crippen LogP contribution in [0.25, 0.3) is 0 Å². The van der Waals surface area contributed by atoms with E-state index in [0.29, 0.717) is 16.7 Å². The van der Waals surface area contributed by atoms with Crippen molar-refractivity contribution < 1.29 is 23.9 Å². The molecule has 0 amide bonds. The summed E-state index contributed by atoms with van der Waals surface area (Å²) in [5.74, 6) is -0.684. The number of carbonyl (C=O) groups is 4. The smallest absolute Gasteiger partial charge is 0.316 e. The molecule has 0 bridgehead atoms. The molecule has 0 aliphatic heterocycles. The molecule has 1 atom stereocenters. The van der Waals surface area contributed by atoms with Gasteiger partial charge in [-0.3, -0.25) is 19.2 Å². The Balaban J connectivity index is 2.26. The van der Waals surface area contributed by atoms with Crippen LogP contribution in [0, 0.1) is 6.92 Å². The van der Waals surface area contributed by atoms with E-state index < -0.39 is 11.4 Å². The highest BCUT2D eigenvalue weighted by Crippen LogP contribution is 2.34. The molecule has 0 N–H and O–H groups in total. The summed E-state index contributed by atoms with van der Waals surface area (Å²) in [6.07, 6.45) is 0.541. The third-order valence-corrected chi connectivity index (χ3v) is 5.61. The van der Waals surface area contributed by atoms with Crippen LogP contribution in [0.15, 0.2) is 42.5 Å². The number of rotatable bonds is 10. The molecule has 0 aliphatic rings. The zero-order valence-corrected chi connectivity index (χ0v) is 18.9. The number of aryl methyl sites for hydroxylation is 1. The van der Waals surface area contributed by atoms with Gasteiger partial charge >= 0.3 is 5.97 Å². The maximum absolute atomic E-state index is 12.9. The zero-order valence-electron chi connectivity index (χ0n) is 18.9. The van der Waals surface area contributed by atoms with Gasteiger partial charge in [-0.15, -0.1) is 0 Å². The quantitative estimate of drug-likeness (QED) is 0.405. The molecule has 2 aromatic carbocycles. The Bertz CT molecular complexity index is 1000. The summed E-state index contributed by atoms with van der Waals surface area (Å²) in [6.45, 7) is 8.48. The standard InChI is InChI=1S/C26H30O5/c1-6-31-25(30)26(5,24-10-8-7-9-22(24)18(3)27)14-13-21(29)15-20-12-11-17(2)23(16-20)19(4)28/h7-12,16H,6,13-15H2,1-5H3. The minimum absolute atomic E-state index is 0.0393. The second kappa shape index (κ2) is 10.3. The highest BCUT2D eigenvalue weighted by molar-refractivity contribution is 5.98. The van der Waals surface area contributed by atoms with Crippen molar-refractivity contribution in [3.05, 3.63) is 70.3 Å². The fourth-order valence-corrected chi connectivity index (χ4v) is 3.77. The Hall–Kier alpha value is -3.08. The summed E-state index contributed by atoms with van der Waals surface area (Å²) >= 11 is 0. The first-order valence-corrected chi connectivity index (χ1v) is 10.5. The van der Waals surface area contributed by atoms with Gasteiger partial charge in [0.2, 0.25) is 0 Å². The maximum atomic E-state index is 12.9. The van der Waals surface area contributed by atoms with Gasteiger partial charge in [0, 0.05) is 24.0 Å². The highest BCUT2D eigenvalue weighted by Gasteiger charge is 2.39. The van der Waals surface area contributed by atoms with Crippen molar-refractivity contribution in [3.63, 3.8) is 0 Å². The predicted molar refractivity (Wildman–Crippen MR) is 120 cm³/mol. The van der Waals surface area contributed by atoms with Crippen LogP contribution in [0.1, 0.15) is 77.9 Å². The van der Waals surface area contributed by atoms with E-state index in [-0.39, 0.29) is 43.2 Å². The van der Waals surface area contributed by atoms with Gasteiger partial charge in [-0.25, -0.2) is 0 Å². The second-order valence-electron chi connectivity index (χ2n) is 8.08. The van der Waals surface area contributed by atoms with Crippen molar-refractivity contribution in [2.45, 2.75) is 59.3 Å². The van der Waals surface area contributed by atoms with E-state index in [9.17, 15) is 19.2 Å². The first-order valence-electron chi connectivity index (χ1n) is 10.5. The Morgan fingerprint density at radius 2 is 1.58 bits per heavy atom. The monoisotopic (exact) mass is 422 g/mol. The summed E-state index contributed by atoms with van der Waals surface area (Å²) in [4.78, 5) is 49.6. The second-order valence-corrected chi connectivity index (χ2v) is 8.08. The Morgan fingerprint density at radius 3 is 2.19 bits per heavy atom. The highest BCUT2D eigenvalue weighted by atomic mass is 16.5. The molecule has 0 heterocycles. The van der Waals surface area contributed by atoms with Crippen molar-refractivity contribution in [1.29, 1.82) is 0 Å². The van der Waals surface area contributed by atoms with Crippen LogP contribution in [0.2, 0.25) is 0 Å². The van der Waals surface area contributed by atoms with Crippen LogP contribution >= 0.6 is 0 Å². The van der Waals surface area contributed by atoms with E-state index in [2.05, 4.69) is 0 Å². The van der Waals surface area contributed by atoms with Gasteiger partial charge in [0.25, 0.3) is 0 Å². The first kappa shape index (κ1) is 24.2. The van der Waals surface area contributed by atoms with Gasteiger partial charge < -0.3 is 4.74 Å². The molecular formula is C26H30O5. The van der Waals surface area contributed by atoms with Crippen LogP contribution in [0.5, 0.6) is 0 Å². The number of Topliss-reactive ketones (excluding diaryl/α,β-unsaturated/α-hetero) is 3. The van der Waals surface area contributed by atoms with Crippen LogP contribution in [-0.4, -0.2) is 29.9 Å². The molecular weight excluding hydrogens is 392 g/mol. The predicted octanol–water partition coefficient (Wildman–Crippen LogP) is 4.81. The lowest BCUT2D eigenvalue weighted by Gasteiger charge is -2.29. The average Bonchev–Trinajstić information content (AvgIpc) is 2.73. The number of ketones is 3. The van der Waals surface area contributed by atoms with Gasteiger partial charge in [-0.2, -0.15) is 0 Å². The van der Waals surface area contributed by atoms with Gasteiger partial charge in [-0.1, -0.05) is 36.4 Å². The van der Waals surface area contributed by atoms with Gasteiger partial charge in [0.15, 0.2) is 11.6 Å². The minimum Gasteiger partial charge on any atom is -0.465 e. The molecule has 5 heteroatoms. The molecule has 0 saturated carbocycles. The number of esters is 1. The summed E-state index contributed by atoms with van der Waals surface area (Å²) in [6, 6.07) is 12.4. The topological polar surface area (TPSA) is 77.5 Å². The van der Waals surface area contributed by atoms with Crippen LogP contribution in [-0.2, 0) is 26.2 Å². The summed E-state index contributed by atoms with van der Waals surface area (Å²) in [5.41, 5.74) is 2.16. The van der Waals surface area contributed by atoms with E-state index in [1.807, 2.05) is 19.1 Å². The summed E-state index contributed by atoms with van der Waals surface area (Å²) in [5, 5.41) is 0. The van der Waals surface area contributed by atoms with Crippen molar-refractivity contribution in [3.8, 4) is 0 Å². The lowest BCUT2D eigenvalue weighted by atomic mass is 9.75. The van der Waals surface area contributed by atoms with E-state index >= 15 is 0 Å². The summed E-state index contributed by atoms with van der Waals surface area (Å²) in [7, 11) is 0. The molecule has 164 valence electrons. The number of ether oxygens (including phenoxy) is 1. The molecule has 2 rings (SSSR count). The molecule has 0 saturated heterocycles. The lowest BCUT2D eigenvalue weighted by molar-refractivity contribution is -0.150. The van der Waals surface area contributed by atoms with E-state index in [1.165, 1.54) is 13.8 Å². The third kappa shape index (κ3) is 5.75. The van der Waals surface area contributed by atoms with Crippen LogP contribution in [0.3, 0.4) is 0 Å². The molecule has 0 aromatic heterocycles. The SMILES string of the molecule is CCOC(=O)C(C)(CCC(=O)Cc1ccc(C)c(C(C)=O)c1)c1ccccc1C(C)=O. The Morgan fingerprint density at radius 1 is 0.935 bits per heavy atom. The molecule has 0 aliphatic carbocycles. The fraction of sp³-hybridized carbons (Fsp3) is 0.385. The first-order chi connectivity index (χ1) is 14.6. The van der Waals surface area contributed by atoms with Crippen molar-refractivity contribution in [1.82, 2.24) is 0 Å². The van der Waals surface area contributed by atoms with Gasteiger partial charge in [-0.05, 0) is 63.8 Å². The molecule has 2 aromatic rings. The zero-order chi connectivity index (χ0) is 23.2. The maximum Gasteiger partial charge on any atom is 0.316 e. The van der Waals surface area contributed by atoms with Crippen molar-refractivity contribution in [2.24, 2.45) is 0 Å². The van der Waals surface area contributed by atoms with E-state index in [0.717, 1.165) is 11.1 Å². The third-order valence-electron chi connectivity index (χ3n) is 5.61. The van der Waals surface area contributed by atoms with Crippen molar-refractivity contribution >= 4 is 23.3 Å². The summed E-state index contributed by atoms with van der Waals surface area (Å²) < 4.78 is 5.30. The molecule has 0 spiro atoms. The Labute approximate surface area is 183 Å². The van der Waals surface area contributed by atoms with Crippen molar-refractivity contribution in [2.75, 3.05) is 6.61 Å². The lowest BCUT2D eigenvalue weighted by Crippen LogP contribution is -2.36.